The number of benzene rings is 2. The molecule has 0 unspecified atom stereocenters. The van der Waals surface area contributed by atoms with Crippen molar-refractivity contribution in [2.75, 3.05) is 17.2 Å². The van der Waals surface area contributed by atoms with Crippen molar-refractivity contribution < 1.29 is 9.53 Å². The minimum Gasteiger partial charge on any atom is -0.463 e. The standard InChI is InChI=1S/C24H25N5O2/c1-4-31-22(30)10-7-19-13-16(2)23(17(3)14-19)28-21-11-12-26-24(29-21)27-20-8-5-18(15-25)6-9-20/h5-15,25H,4H2,1-3H3,(H2,26,27,28,29). The second-order valence-electron chi connectivity index (χ2n) is 6.90. The van der Waals surface area contributed by atoms with Crippen LogP contribution < -0.4 is 10.6 Å². The molecule has 0 spiro atoms. The molecule has 7 nitrogen and oxygen atoms in total. The van der Waals surface area contributed by atoms with Gasteiger partial charge >= 0.3 is 5.97 Å². The monoisotopic (exact) mass is 415 g/mol. The fourth-order valence-electron chi connectivity index (χ4n) is 3.05. The van der Waals surface area contributed by atoms with Gasteiger partial charge in [0.15, 0.2) is 0 Å². The number of aromatic nitrogens is 2. The molecule has 0 radical (unpaired) electrons. The first-order valence-corrected chi connectivity index (χ1v) is 9.92. The highest BCUT2D eigenvalue weighted by Crippen LogP contribution is 2.26. The summed E-state index contributed by atoms with van der Waals surface area (Å²) in [5.74, 6) is 0.778. The van der Waals surface area contributed by atoms with Crippen LogP contribution in [0, 0.1) is 19.3 Å². The molecule has 1 heterocycles. The van der Waals surface area contributed by atoms with Gasteiger partial charge < -0.3 is 20.8 Å². The molecule has 0 aliphatic heterocycles. The lowest BCUT2D eigenvalue weighted by Gasteiger charge is -2.14. The fraction of sp³-hybridized carbons (Fsp3) is 0.167. The van der Waals surface area contributed by atoms with Crippen LogP contribution in [0.5, 0.6) is 0 Å². The van der Waals surface area contributed by atoms with Gasteiger partial charge in [0.25, 0.3) is 0 Å². The largest absolute Gasteiger partial charge is 0.463 e. The zero-order valence-electron chi connectivity index (χ0n) is 17.8. The minimum absolute atomic E-state index is 0.353. The second kappa shape index (κ2) is 10.2. The van der Waals surface area contributed by atoms with Gasteiger partial charge in [-0.2, -0.15) is 4.98 Å². The first-order chi connectivity index (χ1) is 15.0. The number of carbonyl (C=O) groups is 1. The van der Waals surface area contributed by atoms with Crippen molar-refractivity contribution in [2.24, 2.45) is 0 Å². The molecule has 2 aromatic carbocycles. The summed E-state index contributed by atoms with van der Waals surface area (Å²) in [7, 11) is 0. The van der Waals surface area contributed by atoms with E-state index in [9.17, 15) is 4.79 Å². The third-order valence-electron chi connectivity index (χ3n) is 4.50. The van der Waals surface area contributed by atoms with Gasteiger partial charge in [0.1, 0.15) is 5.82 Å². The van der Waals surface area contributed by atoms with Crippen molar-refractivity contribution in [1.29, 1.82) is 5.41 Å². The van der Waals surface area contributed by atoms with E-state index in [0.717, 1.165) is 33.6 Å². The molecule has 3 N–H and O–H groups in total. The normalized spacial score (nSPS) is 10.7. The van der Waals surface area contributed by atoms with E-state index in [4.69, 9.17) is 10.1 Å². The van der Waals surface area contributed by atoms with E-state index in [0.29, 0.717) is 18.4 Å². The van der Waals surface area contributed by atoms with Crippen molar-refractivity contribution in [3.8, 4) is 0 Å². The van der Waals surface area contributed by atoms with Crippen molar-refractivity contribution in [3.63, 3.8) is 0 Å². The lowest BCUT2D eigenvalue weighted by Crippen LogP contribution is -2.03. The maximum atomic E-state index is 11.5. The molecular weight excluding hydrogens is 390 g/mol. The number of anilines is 4. The molecule has 31 heavy (non-hydrogen) atoms. The summed E-state index contributed by atoms with van der Waals surface area (Å²) < 4.78 is 4.92. The Labute approximate surface area is 181 Å². The predicted molar refractivity (Wildman–Crippen MR) is 125 cm³/mol. The van der Waals surface area contributed by atoms with Crippen molar-refractivity contribution in [3.05, 3.63) is 77.0 Å². The van der Waals surface area contributed by atoms with E-state index in [1.807, 2.05) is 50.2 Å². The number of hydrogen-bond acceptors (Lipinski definition) is 7. The average molecular weight is 415 g/mol. The van der Waals surface area contributed by atoms with Crippen LogP contribution in [0.4, 0.5) is 23.1 Å². The van der Waals surface area contributed by atoms with Crippen LogP contribution in [0.25, 0.3) is 6.08 Å². The van der Waals surface area contributed by atoms with E-state index in [1.54, 1.807) is 25.3 Å². The van der Waals surface area contributed by atoms with Gasteiger partial charge in [-0.15, -0.1) is 0 Å². The molecular formula is C24H25N5O2. The molecule has 0 amide bonds. The maximum absolute atomic E-state index is 11.5. The highest BCUT2D eigenvalue weighted by molar-refractivity contribution is 5.87. The van der Waals surface area contributed by atoms with Crippen molar-refractivity contribution in [2.45, 2.75) is 20.8 Å². The molecule has 0 bridgehead atoms. The Balaban J connectivity index is 1.75. The summed E-state index contributed by atoms with van der Waals surface area (Å²) >= 11 is 0. The molecule has 0 saturated heterocycles. The average Bonchev–Trinajstić information content (AvgIpc) is 2.76. The summed E-state index contributed by atoms with van der Waals surface area (Å²) in [5, 5.41) is 13.8. The van der Waals surface area contributed by atoms with Crippen LogP contribution in [-0.4, -0.2) is 28.8 Å². The number of hydrogen-bond donors (Lipinski definition) is 3. The lowest BCUT2D eigenvalue weighted by molar-refractivity contribution is -0.137. The number of aryl methyl sites for hydroxylation is 2. The van der Waals surface area contributed by atoms with Crippen LogP contribution in [0.15, 0.2) is 54.7 Å². The Hall–Kier alpha value is -4.00. The molecule has 0 fully saturated rings. The van der Waals surface area contributed by atoms with Crippen LogP contribution in [0.3, 0.4) is 0 Å². The smallest absolute Gasteiger partial charge is 0.330 e. The molecule has 0 atom stereocenters. The summed E-state index contributed by atoms with van der Waals surface area (Å²) in [6.07, 6.45) is 6.16. The van der Waals surface area contributed by atoms with Gasteiger partial charge in [-0.1, -0.05) is 12.1 Å². The van der Waals surface area contributed by atoms with Gasteiger partial charge in [0.05, 0.1) is 6.61 Å². The highest BCUT2D eigenvalue weighted by atomic mass is 16.5. The van der Waals surface area contributed by atoms with E-state index in [2.05, 4.69) is 20.6 Å². The van der Waals surface area contributed by atoms with Gasteiger partial charge in [0.2, 0.25) is 5.95 Å². The first-order valence-electron chi connectivity index (χ1n) is 9.92. The minimum atomic E-state index is -0.353. The topological polar surface area (TPSA) is 100.0 Å². The van der Waals surface area contributed by atoms with Crippen LogP contribution >= 0.6 is 0 Å². The van der Waals surface area contributed by atoms with Crippen LogP contribution in [0.2, 0.25) is 0 Å². The SMILES string of the molecule is CCOC(=O)C=Cc1cc(C)c(Nc2ccnc(Nc3ccc(C=N)cc3)n2)c(C)c1. The van der Waals surface area contributed by atoms with E-state index < -0.39 is 0 Å². The zero-order chi connectivity index (χ0) is 22.2. The van der Waals surface area contributed by atoms with Crippen molar-refractivity contribution in [1.82, 2.24) is 9.97 Å². The summed E-state index contributed by atoms with van der Waals surface area (Å²) in [6.45, 7) is 6.14. The number of ether oxygens (including phenoxy) is 1. The summed E-state index contributed by atoms with van der Waals surface area (Å²) in [5.41, 5.74) is 5.60. The van der Waals surface area contributed by atoms with Crippen molar-refractivity contribution >= 4 is 41.4 Å². The third kappa shape index (κ3) is 5.99. The molecule has 158 valence electrons. The maximum Gasteiger partial charge on any atom is 0.330 e. The lowest BCUT2D eigenvalue weighted by atomic mass is 10.0. The van der Waals surface area contributed by atoms with Gasteiger partial charge in [-0.3, -0.25) is 0 Å². The molecule has 0 saturated carbocycles. The predicted octanol–water partition coefficient (Wildman–Crippen LogP) is 5.15. The Morgan fingerprint density at radius 2 is 1.77 bits per heavy atom. The molecule has 3 aromatic rings. The molecule has 1 aromatic heterocycles. The Bertz CT molecular complexity index is 1080. The van der Waals surface area contributed by atoms with E-state index in [-0.39, 0.29) is 5.97 Å². The molecule has 0 aliphatic carbocycles. The number of nitrogens with one attached hydrogen (secondary N) is 3. The first kappa shape index (κ1) is 21.7. The Morgan fingerprint density at radius 1 is 1.06 bits per heavy atom. The highest BCUT2D eigenvalue weighted by Gasteiger charge is 2.07. The summed E-state index contributed by atoms with van der Waals surface area (Å²) in [4.78, 5) is 20.3. The Morgan fingerprint density at radius 3 is 2.42 bits per heavy atom. The summed E-state index contributed by atoms with van der Waals surface area (Å²) in [6, 6.07) is 13.2. The van der Waals surface area contributed by atoms with E-state index in [1.165, 1.54) is 12.3 Å². The van der Waals surface area contributed by atoms with Crippen LogP contribution in [0.1, 0.15) is 29.2 Å². The third-order valence-corrected chi connectivity index (χ3v) is 4.50. The number of rotatable bonds is 8. The van der Waals surface area contributed by atoms with Gasteiger partial charge in [-0.25, -0.2) is 9.78 Å². The van der Waals surface area contributed by atoms with Gasteiger partial charge in [-0.05, 0) is 79.4 Å². The molecule has 7 heteroatoms. The Kier molecular flexibility index (Phi) is 7.11. The number of carbonyl (C=O) groups excluding carboxylic acids is 1. The zero-order valence-corrected chi connectivity index (χ0v) is 17.8. The number of esters is 1. The molecule has 0 aliphatic rings. The molecule has 3 rings (SSSR count). The van der Waals surface area contributed by atoms with E-state index >= 15 is 0 Å². The quantitative estimate of drug-likeness (QED) is 0.267. The van der Waals surface area contributed by atoms with Crippen LogP contribution in [-0.2, 0) is 9.53 Å². The second-order valence-corrected chi connectivity index (χ2v) is 6.90. The van der Waals surface area contributed by atoms with Gasteiger partial charge in [0, 0.05) is 29.9 Å². The number of nitrogens with zero attached hydrogens (tertiary/aromatic N) is 2. The fourth-order valence-corrected chi connectivity index (χ4v) is 3.05.